The van der Waals surface area contributed by atoms with Gasteiger partial charge in [-0.15, -0.1) is 0 Å². The van der Waals surface area contributed by atoms with E-state index in [0.717, 1.165) is 24.2 Å². The lowest BCUT2D eigenvalue weighted by molar-refractivity contribution is 0.0735. The number of likely N-dealkylation sites (tertiary alicyclic amines) is 1. The van der Waals surface area contributed by atoms with Crippen molar-refractivity contribution in [2.75, 3.05) is 19.0 Å². The van der Waals surface area contributed by atoms with Gasteiger partial charge in [-0.25, -0.2) is 0 Å². The van der Waals surface area contributed by atoms with Crippen molar-refractivity contribution in [2.24, 2.45) is 0 Å². The molecule has 1 aliphatic rings. The third-order valence-corrected chi connectivity index (χ3v) is 5.28. The summed E-state index contributed by atoms with van der Waals surface area (Å²) >= 11 is 0. The maximum Gasteiger partial charge on any atom is 0.257 e. The molecule has 6 heteroatoms. The number of aromatic nitrogens is 1. The molecule has 1 saturated heterocycles. The molecular formula is C24H23N3O3. The number of amides is 2. The molecule has 0 saturated carbocycles. The van der Waals surface area contributed by atoms with Gasteiger partial charge in [0.05, 0.1) is 18.7 Å². The number of pyridine rings is 1. The van der Waals surface area contributed by atoms with Crippen LogP contribution in [0, 0.1) is 0 Å². The van der Waals surface area contributed by atoms with E-state index in [0.29, 0.717) is 23.4 Å². The minimum Gasteiger partial charge on any atom is -0.497 e. The number of rotatable bonds is 5. The number of carbonyl (C=O) groups excluding carboxylic acids is 2. The van der Waals surface area contributed by atoms with Crippen LogP contribution in [0.15, 0.2) is 73.1 Å². The number of nitrogens with one attached hydrogen (secondary N) is 1. The first kappa shape index (κ1) is 19.6. The van der Waals surface area contributed by atoms with Crippen molar-refractivity contribution in [3.05, 3.63) is 89.7 Å². The number of nitrogens with zero attached hydrogens (tertiary/aromatic N) is 2. The lowest BCUT2D eigenvalue weighted by Crippen LogP contribution is -2.30. The SMILES string of the molecule is COc1cccc(C2CCCN2C(=O)c2cccc(NC(=O)c3cccnc3)c2)c1. The Balaban J connectivity index is 1.53. The molecule has 2 amide bonds. The Bertz CT molecular complexity index is 1050. The monoisotopic (exact) mass is 401 g/mol. The van der Waals surface area contributed by atoms with Crippen LogP contribution < -0.4 is 10.1 Å². The number of hydrogen-bond donors (Lipinski definition) is 1. The van der Waals surface area contributed by atoms with Gasteiger partial charge >= 0.3 is 0 Å². The van der Waals surface area contributed by atoms with E-state index in [2.05, 4.69) is 10.3 Å². The van der Waals surface area contributed by atoms with Crippen LogP contribution in [-0.2, 0) is 0 Å². The van der Waals surface area contributed by atoms with E-state index in [1.165, 1.54) is 6.20 Å². The standard InChI is InChI=1S/C24H23N3O3/c1-30-21-10-3-6-17(15-21)22-11-5-13-27(22)24(29)18-7-2-9-20(14-18)26-23(28)19-8-4-12-25-16-19/h2-4,6-10,12,14-16,22H,5,11,13H2,1H3,(H,26,28). The van der Waals surface area contributed by atoms with Crippen molar-refractivity contribution >= 4 is 17.5 Å². The summed E-state index contributed by atoms with van der Waals surface area (Å²) in [4.78, 5) is 31.5. The normalized spacial score (nSPS) is 15.6. The van der Waals surface area contributed by atoms with Crippen molar-refractivity contribution in [3.8, 4) is 5.75 Å². The van der Waals surface area contributed by atoms with Crippen LogP contribution in [-0.4, -0.2) is 35.4 Å². The van der Waals surface area contributed by atoms with Gasteiger partial charge in [-0.2, -0.15) is 0 Å². The topological polar surface area (TPSA) is 71.5 Å². The predicted octanol–water partition coefficient (Wildman–Crippen LogP) is 4.32. The number of methoxy groups -OCH3 is 1. The Kier molecular flexibility index (Phi) is 5.75. The van der Waals surface area contributed by atoms with Gasteiger partial charge in [0.2, 0.25) is 0 Å². The van der Waals surface area contributed by atoms with Crippen molar-refractivity contribution in [3.63, 3.8) is 0 Å². The molecule has 0 spiro atoms. The Hall–Kier alpha value is -3.67. The summed E-state index contributed by atoms with van der Waals surface area (Å²) in [5.41, 5.74) is 2.66. The predicted molar refractivity (Wildman–Crippen MR) is 115 cm³/mol. The molecule has 1 unspecified atom stereocenters. The molecule has 1 fully saturated rings. The molecule has 1 aromatic heterocycles. The first-order chi connectivity index (χ1) is 14.7. The minimum atomic E-state index is -0.261. The van der Waals surface area contributed by atoms with Crippen LogP contribution in [0.4, 0.5) is 5.69 Å². The van der Waals surface area contributed by atoms with Gasteiger partial charge in [-0.05, 0) is 60.9 Å². The van der Waals surface area contributed by atoms with E-state index >= 15 is 0 Å². The molecule has 30 heavy (non-hydrogen) atoms. The van der Waals surface area contributed by atoms with Crippen LogP contribution in [0.2, 0.25) is 0 Å². The Morgan fingerprint density at radius 2 is 1.90 bits per heavy atom. The van der Waals surface area contributed by atoms with Crippen molar-refractivity contribution in [1.82, 2.24) is 9.88 Å². The second-order valence-electron chi connectivity index (χ2n) is 7.21. The molecule has 0 aliphatic carbocycles. The Labute approximate surface area is 175 Å². The average Bonchev–Trinajstić information content (AvgIpc) is 3.29. The highest BCUT2D eigenvalue weighted by Crippen LogP contribution is 2.34. The molecular weight excluding hydrogens is 378 g/mol. The maximum absolute atomic E-state index is 13.3. The smallest absolute Gasteiger partial charge is 0.257 e. The van der Waals surface area contributed by atoms with Crippen LogP contribution in [0.25, 0.3) is 0 Å². The summed E-state index contributed by atoms with van der Waals surface area (Å²) in [6, 6.07) is 18.3. The van der Waals surface area contributed by atoms with Crippen LogP contribution in [0.3, 0.4) is 0 Å². The number of ether oxygens (including phenoxy) is 1. The molecule has 0 radical (unpaired) electrons. The Morgan fingerprint density at radius 1 is 1.07 bits per heavy atom. The Morgan fingerprint density at radius 3 is 2.70 bits per heavy atom. The largest absolute Gasteiger partial charge is 0.497 e. The van der Waals surface area contributed by atoms with Crippen LogP contribution in [0.5, 0.6) is 5.75 Å². The molecule has 2 heterocycles. The molecule has 152 valence electrons. The lowest BCUT2D eigenvalue weighted by atomic mass is 10.0. The van der Waals surface area contributed by atoms with Crippen molar-refractivity contribution in [2.45, 2.75) is 18.9 Å². The second kappa shape index (κ2) is 8.78. The van der Waals surface area contributed by atoms with Crippen molar-refractivity contribution in [1.29, 1.82) is 0 Å². The highest BCUT2D eigenvalue weighted by Gasteiger charge is 2.31. The first-order valence-electron chi connectivity index (χ1n) is 9.92. The van der Waals surface area contributed by atoms with Gasteiger partial charge < -0.3 is 15.0 Å². The van der Waals surface area contributed by atoms with Crippen LogP contribution in [0.1, 0.15) is 45.2 Å². The second-order valence-corrected chi connectivity index (χ2v) is 7.21. The summed E-state index contributed by atoms with van der Waals surface area (Å²) < 4.78 is 5.34. The zero-order chi connectivity index (χ0) is 20.9. The number of benzene rings is 2. The van der Waals surface area contributed by atoms with Gasteiger partial charge in [-0.3, -0.25) is 14.6 Å². The van der Waals surface area contributed by atoms with Gasteiger partial charge in [-0.1, -0.05) is 18.2 Å². The fourth-order valence-electron chi connectivity index (χ4n) is 3.80. The van der Waals surface area contributed by atoms with Crippen LogP contribution >= 0.6 is 0 Å². The first-order valence-corrected chi connectivity index (χ1v) is 9.92. The molecule has 3 aromatic rings. The number of carbonyl (C=O) groups is 2. The quantitative estimate of drug-likeness (QED) is 0.691. The summed E-state index contributed by atoms with van der Waals surface area (Å²) in [7, 11) is 1.64. The molecule has 1 N–H and O–H groups in total. The third kappa shape index (κ3) is 4.17. The summed E-state index contributed by atoms with van der Waals surface area (Å²) in [6.45, 7) is 0.701. The molecule has 1 atom stereocenters. The summed E-state index contributed by atoms with van der Waals surface area (Å²) in [5.74, 6) is 0.479. The molecule has 0 bridgehead atoms. The fourth-order valence-corrected chi connectivity index (χ4v) is 3.80. The molecule has 2 aromatic carbocycles. The summed E-state index contributed by atoms with van der Waals surface area (Å²) in [5, 5.41) is 2.84. The zero-order valence-electron chi connectivity index (χ0n) is 16.7. The van der Waals surface area contributed by atoms with E-state index in [1.807, 2.05) is 29.2 Å². The van der Waals surface area contributed by atoms with E-state index in [4.69, 9.17) is 4.74 Å². The minimum absolute atomic E-state index is 0.0150. The summed E-state index contributed by atoms with van der Waals surface area (Å²) in [6.07, 6.45) is 4.99. The fraction of sp³-hybridized carbons (Fsp3) is 0.208. The van der Waals surface area contributed by atoms with E-state index in [-0.39, 0.29) is 17.9 Å². The van der Waals surface area contributed by atoms with Gasteiger partial charge in [0.15, 0.2) is 0 Å². The molecule has 1 aliphatic heterocycles. The maximum atomic E-state index is 13.3. The number of anilines is 1. The zero-order valence-corrected chi connectivity index (χ0v) is 16.7. The highest BCUT2D eigenvalue weighted by molar-refractivity contribution is 6.05. The third-order valence-electron chi connectivity index (χ3n) is 5.28. The molecule has 4 rings (SSSR count). The average molecular weight is 401 g/mol. The number of hydrogen-bond acceptors (Lipinski definition) is 4. The highest BCUT2D eigenvalue weighted by atomic mass is 16.5. The van der Waals surface area contributed by atoms with Gasteiger partial charge in [0.25, 0.3) is 11.8 Å². The van der Waals surface area contributed by atoms with Crippen molar-refractivity contribution < 1.29 is 14.3 Å². The van der Waals surface area contributed by atoms with E-state index in [1.54, 1.807) is 49.7 Å². The molecule has 6 nitrogen and oxygen atoms in total. The lowest BCUT2D eigenvalue weighted by Gasteiger charge is -2.25. The van der Waals surface area contributed by atoms with Gasteiger partial charge in [0, 0.05) is 30.2 Å². The van der Waals surface area contributed by atoms with E-state index in [9.17, 15) is 9.59 Å². The van der Waals surface area contributed by atoms with E-state index < -0.39 is 0 Å². The van der Waals surface area contributed by atoms with Gasteiger partial charge in [0.1, 0.15) is 5.75 Å².